The quantitative estimate of drug-likeness (QED) is 0.112. The van der Waals surface area contributed by atoms with Crippen LogP contribution < -0.4 is 29.7 Å². The first-order valence-electron chi connectivity index (χ1n) is 12.3. The highest BCUT2D eigenvalue weighted by molar-refractivity contribution is 5.97. The number of hydrogen-bond acceptors (Lipinski definition) is 8. The number of hydrazone groups is 1. The predicted molar refractivity (Wildman–Crippen MR) is 146 cm³/mol. The summed E-state index contributed by atoms with van der Waals surface area (Å²) in [6.07, 6.45) is 3.44. The molecule has 204 valence electrons. The van der Waals surface area contributed by atoms with Gasteiger partial charge in [0.2, 0.25) is 0 Å². The van der Waals surface area contributed by atoms with E-state index in [-0.39, 0.29) is 6.54 Å². The molecule has 0 atom stereocenters. The van der Waals surface area contributed by atoms with Crippen molar-refractivity contribution in [2.24, 2.45) is 5.10 Å². The van der Waals surface area contributed by atoms with Crippen LogP contribution >= 0.6 is 0 Å². The first-order valence-corrected chi connectivity index (χ1v) is 12.3. The molecule has 0 radical (unpaired) electrons. The van der Waals surface area contributed by atoms with Crippen molar-refractivity contribution in [3.63, 3.8) is 0 Å². The minimum atomic E-state index is -0.507. The zero-order chi connectivity index (χ0) is 28.0. The second-order valence-electron chi connectivity index (χ2n) is 8.23. The second-order valence-corrected chi connectivity index (χ2v) is 8.23. The Balaban J connectivity index is 1.43. The van der Waals surface area contributed by atoms with Gasteiger partial charge in [0.1, 0.15) is 11.5 Å². The fraction of sp³-hybridized carbons (Fsp3) is 0.241. The Hall–Kier alpha value is -4.86. The van der Waals surface area contributed by atoms with Crippen LogP contribution in [0.25, 0.3) is 0 Å². The maximum Gasteiger partial charge on any atom is 0.343 e. The van der Waals surface area contributed by atoms with Crippen molar-refractivity contribution in [1.82, 2.24) is 10.7 Å². The maximum atomic E-state index is 12.4. The predicted octanol–water partition coefficient (Wildman–Crippen LogP) is 3.98. The Morgan fingerprint density at radius 2 is 1.51 bits per heavy atom. The number of rotatable bonds is 13. The van der Waals surface area contributed by atoms with E-state index in [4.69, 9.17) is 18.9 Å². The smallest absolute Gasteiger partial charge is 0.343 e. The largest absolute Gasteiger partial charge is 0.494 e. The Labute approximate surface area is 226 Å². The molecule has 0 spiro atoms. The van der Waals surface area contributed by atoms with Crippen LogP contribution in [0.15, 0.2) is 71.8 Å². The van der Waals surface area contributed by atoms with Gasteiger partial charge < -0.3 is 24.3 Å². The lowest BCUT2D eigenvalue weighted by Crippen LogP contribution is -2.34. The summed E-state index contributed by atoms with van der Waals surface area (Å²) >= 11 is 0. The SMILES string of the molecule is CCCCOc1ccc(C(=O)Oc2ccc(/C=N/NC(=O)CNC(=O)c3ccc(OC)c(OC)c3)cc2)cc1. The summed E-state index contributed by atoms with van der Waals surface area (Å²) in [5.74, 6) is 0.522. The molecule has 0 aliphatic carbocycles. The molecule has 0 saturated heterocycles. The van der Waals surface area contributed by atoms with E-state index in [0.29, 0.717) is 46.3 Å². The molecule has 3 aromatic carbocycles. The molecule has 0 aliphatic rings. The van der Waals surface area contributed by atoms with E-state index in [2.05, 4.69) is 22.8 Å². The summed E-state index contributed by atoms with van der Waals surface area (Å²) in [5, 5.41) is 6.40. The van der Waals surface area contributed by atoms with Gasteiger partial charge in [0.25, 0.3) is 11.8 Å². The summed E-state index contributed by atoms with van der Waals surface area (Å²) < 4.78 is 21.3. The van der Waals surface area contributed by atoms with Gasteiger partial charge in [-0.15, -0.1) is 0 Å². The minimum absolute atomic E-state index is 0.273. The van der Waals surface area contributed by atoms with Crippen molar-refractivity contribution >= 4 is 24.0 Å². The summed E-state index contributed by atoms with van der Waals surface area (Å²) in [5.41, 5.74) is 3.73. The Kier molecular flexibility index (Phi) is 10.9. The molecule has 0 bridgehead atoms. The summed E-state index contributed by atoms with van der Waals surface area (Å²) in [6, 6.07) is 18.1. The number of nitrogens with one attached hydrogen (secondary N) is 2. The Bertz CT molecular complexity index is 1290. The van der Waals surface area contributed by atoms with Crippen LogP contribution in [0.1, 0.15) is 46.0 Å². The molecular formula is C29H31N3O7. The zero-order valence-corrected chi connectivity index (χ0v) is 22.1. The fourth-order valence-electron chi connectivity index (χ4n) is 3.27. The van der Waals surface area contributed by atoms with Gasteiger partial charge in [0.05, 0.1) is 39.1 Å². The topological polar surface area (TPSA) is 125 Å². The number of carbonyl (C=O) groups excluding carboxylic acids is 3. The molecule has 2 N–H and O–H groups in total. The van der Waals surface area contributed by atoms with Gasteiger partial charge >= 0.3 is 5.97 Å². The molecule has 0 aliphatic heterocycles. The maximum absolute atomic E-state index is 12.4. The molecule has 0 saturated carbocycles. The monoisotopic (exact) mass is 533 g/mol. The van der Waals surface area contributed by atoms with E-state index >= 15 is 0 Å². The van der Waals surface area contributed by atoms with Gasteiger partial charge in [0.15, 0.2) is 11.5 Å². The standard InChI is InChI=1S/C29H31N3O7/c1-4-5-16-38-23-13-8-21(9-14-23)29(35)39-24-11-6-20(7-12-24)18-31-32-27(33)19-30-28(34)22-10-15-25(36-2)26(17-22)37-3/h6-15,17-18H,4-5,16,19H2,1-3H3,(H,30,34)(H,32,33)/b31-18+. The highest BCUT2D eigenvalue weighted by Crippen LogP contribution is 2.27. The number of carbonyl (C=O) groups is 3. The molecule has 10 nitrogen and oxygen atoms in total. The third-order valence-corrected chi connectivity index (χ3v) is 5.41. The summed E-state index contributed by atoms with van der Waals surface area (Å²) in [7, 11) is 2.97. The number of unbranched alkanes of at least 4 members (excludes halogenated alkanes) is 1. The molecule has 10 heteroatoms. The average molecular weight is 534 g/mol. The number of methoxy groups -OCH3 is 2. The van der Waals surface area contributed by atoms with E-state index in [1.54, 1.807) is 60.7 Å². The number of nitrogens with zero attached hydrogens (tertiary/aromatic N) is 1. The van der Waals surface area contributed by atoms with Crippen LogP contribution in [0.4, 0.5) is 0 Å². The normalized spacial score (nSPS) is 10.5. The van der Waals surface area contributed by atoms with E-state index in [9.17, 15) is 14.4 Å². The minimum Gasteiger partial charge on any atom is -0.494 e. The first-order chi connectivity index (χ1) is 18.9. The molecule has 0 unspecified atom stereocenters. The van der Waals surface area contributed by atoms with Crippen molar-refractivity contribution < 1.29 is 33.3 Å². The van der Waals surface area contributed by atoms with Crippen molar-refractivity contribution in [3.8, 4) is 23.0 Å². The van der Waals surface area contributed by atoms with E-state index in [0.717, 1.165) is 12.8 Å². The third-order valence-electron chi connectivity index (χ3n) is 5.41. The van der Waals surface area contributed by atoms with Crippen LogP contribution in [0.2, 0.25) is 0 Å². The van der Waals surface area contributed by atoms with Crippen LogP contribution in [0, 0.1) is 0 Å². The number of amides is 2. The number of benzene rings is 3. The van der Waals surface area contributed by atoms with Gasteiger partial charge in [-0.3, -0.25) is 9.59 Å². The molecule has 0 heterocycles. The van der Waals surface area contributed by atoms with Crippen LogP contribution in [-0.4, -0.2) is 51.4 Å². The number of hydrogen-bond donors (Lipinski definition) is 2. The third kappa shape index (κ3) is 8.89. The molecule has 0 fully saturated rings. The van der Waals surface area contributed by atoms with E-state index in [1.165, 1.54) is 26.5 Å². The zero-order valence-electron chi connectivity index (χ0n) is 22.1. The van der Waals surface area contributed by atoms with Crippen LogP contribution in [-0.2, 0) is 4.79 Å². The number of ether oxygens (including phenoxy) is 4. The van der Waals surface area contributed by atoms with Crippen molar-refractivity contribution in [3.05, 3.63) is 83.4 Å². The Morgan fingerprint density at radius 1 is 0.846 bits per heavy atom. The van der Waals surface area contributed by atoms with Crippen molar-refractivity contribution in [1.29, 1.82) is 0 Å². The van der Waals surface area contributed by atoms with Gasteiger partial charge in [-0.2, -0.15) is 5.10 Å². The molecule has 0 aromatic heterocycles. The molecule has 3 rings (SSSR count). The van der Waals surface area contributed by atoms with E-state index in [1.807, 2.05) is 0 Å². The summed E-state index contributed by atoms with van der Waals surface area (Å²) in [4.78, 5) is 36.7. The lowest BCUT2D eigenvalue weighted by molar-refractivity contribution is -0.120. The average Bonchev–Trinajstić information content (AvgIpc) is 2.96. The van der Waals surface area contributed by atoms with Crippen LogP contribution in [0.5, 0.6) is 23.0 Å². The Morgan fingerprint density at radius 3 is 2.18 bits per heavy atom. The molecule has 2 amide bonds. The lowest BCUT2D eigenvalue weighted by atomic mass is 10.2. The molecular weight excluding hydrogens is 502 g/mol. The lowest BCUT2D eigenvalue weighted by Gasteiger charge is -2.09. The second kappa shape index (κ2) is 14.8. The highest BCUT2D eigenvalue weighted by atomic mass is 16.5. The van der Waals surface area contributed by atoms with Gasteiger partial charge in [0, 0.05) is 5.56 Å². The number of esters is 1. The van der Waals surface area contributed by atoms with Crippen molar-refractivity contribution in [2.75, 3.05) is 27.4 Å². The van der Waals surface area contributed by atoms with E-state index < -0.39 is 17.8 Å². The highest BCUT2D eigenvalue weighted by Gasteiger charge is 2.12. The summed E-state index contributed by atoms with van der Waals surface area (Å²) in [6.45, 7) is 2.45. The molecule has 39 heavy (non-hydrogen) atoms. The van der Waals surface area contributed by atoms with Gasteiger partial charge in [-0.1, -0.05) is 13.3 Å². The first kappa shape index (κ1) is 28.7. The van der Waals surface area contributed by atoms with Crippen molar-refractivity contribution in [2.45, 2.75) is 19.8 Å². The van der Waals surface area contributed by atoms with Gasteiger partial charge in [-0.05, 0) is 78.7 Å². The van der Waals surface area contributed by atoms with Gasteiger partial charge in [-0.25, -0.2) is 10.2 Å². The molecule has 3 aromatic rings. The van der Waals surface area contributed by atoms with Crippen LogP contribution in [0.3, 0.4) is 0 Å². The fourth-order valence-corrected chi connectivity index (χ4v) is 3.27.